The largest absolute Gasteiger partial charge is 0.361 e. The Bertz CT molecular complexity index is 699. The molecule has 0 saturated carbocycles. The van der Waals surface area contributed by atoms with Crippen molar-refractivity contribution in [2.45, 2.75) is 26.2 Å². The average molecular weight is 330 g/mol. The molecular formula is C17H22N4O3. The van der Waals surface area contributed by atoms with E-state index < -0.39 is 0 Å². The molecule has 0 fully saturated rings. The van der Waals surface area contributed by atoms with Crippen LogP contribution in [-0.2, 0) is 11.2 Å². The summed E-state index contributed by atoms with van der Waals surface area (Å²) in [6.45, 7) is 2.49. The monoisotopic (exact) mass is 330 g/mol. The van der Waals surface area contributed by atoms with Crippen LogP contribution in [0.3, 0.4) is 0 Å². The lowest BCUT2D eigenvalue weighted by atomic mass is 10.2. The number of rotatable bonds is 8. The number of hydrogen-bond acceptors (Lipinski definition) is 5. The SMILES string of the molecule is Cc1cc(CCCCN(C)C(=O)c2ncccc2N(C)C=O)on1. The fourth-order valence-corrected chi connectivity index (χ4v) is 2.37. The molecule has 0 saturated heterocycles. The number of pyridine rings is 1. The first-order valence-corrected chi connectivity index (χ1v) is 7.83. The van der Waals surface area contributed by atoms with Crippen LogP contribution in [0, 0.1) is 6.92 Å². The zero-order valence-corrected chi connectivity index (χ0v) is 14.2. The van der Waals surface area contributed by atoms with Crippen molar-refractivity contribution in [2.75, 3.05) is 25.5 Å². The van der Waals surface area contributed by atoms with Crippen molar-refractivity contribution in [1.29, 1.82) is 0 Å². The smallest absolute Gasteiger partial charge is 0.274 e. The van der Waals surface area contributed by atoms with Gasteiger partial charge < -0.3 is 14.3 Å². The minimum absolute atomic E-state index is 0.199. The van der Waals surface area contributed by atoms with Crippen LogP contribution in [-0.4, -0.2) is 48.0 Å². The van der Waals surface area contributed by atoms with Gasteiger partial charge in [-0.3, -0.25) is 9.59 Å². The van der Waals surface area contributed by atoms with Crippen molar-refractivity contribution in [1.82, 2.24) is 15.0 Å². The van der Waals surface area contributed by atoms with Gasteiger partial charge in [0.25, 0.3) is 5.91 Å². The highest BCUT2D eigenvalue weighted by Crippen LogP contribution is 2.17. The Kier molecular flexibility index (Phi) is 6.06. The molecule has 0 atom stereocenters. The third-order valence-corrected chi connectivity index (χ3v) is 3.72. The molecule has 128 valence electrons. The second-order valence-corrected chi connectivity index (χ2v) is 5.71. The Hall–Kier alpha value is -2.70. The number of aryl methyl sites for hydroxylation is 2. The number of carbonyl (C=O) groups is 2. The van der Waals surface area contributed by atoms with E-state index in [1.165, 1.54) is 4.90 Å². The zero-order valence-electron chi connectivity index (χ0n) is 14.2. The Labute approximate surface area is 141 Å². The van der Waals surface area contributed by atoms with Crippen molar-refractivity contribution in [2.24, 2.45) is 0 Å². The molecule has 0 radical (unpaired) electrons. The molecule has 0 N–H and O–H groups in total. The molecule has 0 spiro atoms. The predicted octanol–water partition coefficient (Wildman–Crippen LogP) is 2.07. The maximum absolute atomic E-state index is 12.5. The summed E-state index contributed by atoms with van der Waals surface area (Å²) in [5.41, 5.74) is 1.65. The Morgan fingerprint density at radius 1 is 1.33 bits per heavy atom. The number of nitrogens with zero attached hydrogens (tertiary/aromatic N) is 4. The first kappa shape index (κ1) is 17.7. The van der Waals surface area contributed by atoms with Gasteiger partial charge in [-0.05, 0) is 31.9 Å². The van der Waals surface area contributed by atoms with Crippen LogP contribution >= 0.6 is 0 Å². The van der Waals surface area contributed by atoms with Gasteiger partial charge in [0.15, 0.2) is 5.69 Å². The average Bonchev–Trinajstić information content (AvgIpc) is 3.02. The molecule has 7 heteroatoms. The highest BCUT2D eigenvalue weighted by Gasteiger charge is 2.18. The highest BCUT2D eigenvalue weighted by atomic mass is 16.5. The minimum atomic E-state index is -0.199. The molecule has 2 heterocycles. The summed E-state index contributed by atoms with van der Waals surface area (Å²) in [6.07, 6.45) is 4.75. The van der Waals surface area contributed by atoms with Gasteiger partial charge >= 0.3 is 0 Å². The summed E-state index contributed by atoms with van der Waals surface area (Å²) in [6, 6.07) is 5.32. The van der Waals surface area contributed by atoms with Crippen LogP contribution in [0.25, 0.3) is 0 Å². The summed E-state index contributed by atoms with van der Waals surface area (Å²) in [5, 5.41) is 3.85. The lowest BCUT2D eigenvalue weighted by Gasteiger charge is -2.20. The molecule has 2 aromatic heterocycles. The van der Waals surface area contributed by atoms with Crippen LogP contribution in [0.5, 0.6) is 0 Å². The molecular weight excluding hydrogens is 308 g/mol. The Morgan fingerprint density at radius 3 is 2.79 bits per heavy atom. The first-order chi connectivity index (χ1) is 11.5. The van der Waals surface area contributed by atoms with E-state index in [1.807, 2.05) is 13.0 Å². The molecule has 0 aliphatic rings. The molecule has 2 rings (SSSR count). The van der Waals surface area contributed by atoms with Crippen molar-refractivity contribution in [3.05, 3.63) is 41.5 Å². The molecule has 0 bridgehead atoms. The summed E-state index contributed by atoms with van der Waals surface area (Å²) >= 11 is 0. The van der Waals surface area contributed by atoms with Crippen LogP contribution < -0.4 is 4.90 Å². The quantitative estimate of drug-likeness (QED) is 0.547. The van der Waals surface area contributed by atoms with Gasteiger partial charge in [-0.1, -0.05) is 5.16 Å². The Balaban J connectivity index is 1.89. The van der Waals surface area contributed by atoms with Crippen LogP contribution in [0.15, 0.2) is 28.9 Å². The van der Waals surface area contributed by atoms with Crippen LogP contribution in [0.2, 0.25) is 0 Å². The standard InChI is InChI=1S/C17H22N4O3/c1-13-11-14(24-19-13)7-4-5-10-20(2)17(23)16-15(21(3)12-22)8-6-9-18-16/h6,8-9,11-12H,4-5,7,10H2,1-3H3. The lowest BCUT2D eigenvalue weighted by molar-refractivity contribution is -0.107. The molecule has 0 aromatic carbocycles. The number of unbranched alkanes of at least 4 members (excludes halogenated alkanes) is 1. The van der Waals surface area contributed by atoms with E-state index in [9.17, 15) is 9.59 Å². The minimum Gasteiger partial charge on any atom is -0.361 e. The van der Waals surface area contributed by atoms with Crippen LogP contribution in [0.1, 0.15) is 34.8 Å². The highest BCUT2D eigenvalue weighted by molar-refractivity contribution is 5.99. The maximum atomic E-state index is 12.5. The van der Waals surface area contributed by atoms with Gasteiger partial charge in [0.2, 0.25) is 6.41 Å². The molecule has 7 nitrogen and oxygen atoms in total. The van der Waals surface area contributed by atoms with Gasteiger partial charge in [0.05, 0.1) is 11.4 Å². The lowest BCUT2D eigenvalue weighted by Crippen LogP contribution is -2.30. The molecule has 24 heavy (non-hydrogen) atoms. The fraction of sp³-hybridized carbons (Fsp3) is 0.412. The molecule has 0 unspecified atom stereocenters. The van der Waals surface area contributed by atoms with Crippen molar-refractivity contribution in [3.8, 4) is 0 Å². The number of amides is 2. The van der Waals surface area contributed by atoms with Crippen molar-refractivity contribution >= 4 is 18.0 Å². The summed E-state index contributed by atoms with van der Waals surface area (Å²) in [4.78, 5) is 30.6. The van der Waals surface area contributed by atoms with E-state index in [1.54, 1.807) is 37.3 Å². The van der Waals surface area contributed by atoms with Gasteiger partial charge in [0, 0.05) is 39.3 Å². The maximum Gasteiger partial charge on any atom is 0.274 e. The van der Waals surface area contributed by atoms with Crippen molar-refractivity contribution < 1.29 is 14.1 Å². The summed E-state index contributed by atoms with van der Waals surface area (Å²) in [5.74, 6) is 0.663. The van der Waals surface area contributed by atoms with E-state index in [4.69, 9.17) is 4.52 Å². The topological polar surface area (TPSA) is 79.5 Å². The van der Waals surface area contributed by atoms with E-state index in [0.29, 0.717) is 18.6 Å². The second-order valence-electron chi connectivity index (χ2n) is 5.71. The van der Waals surface area contributed by atoms with E-state index in [0.717, 1.165) is 30.7 Å². The van der Waals surface area contributed by atoms with Gasteiger partial charge in [-0.2, -0.15) is 0 Å². The number of anilines is 1. The van der Waals surface area contributed by atoms with Gasteiger partial charge in [0.1, 0.15) is 5.76 Å². The molecule has 0 aliphatic carbocycles. The van der Waals surface area contributed by atoms with E-state index in [-0.39, 0.29) is 11.6 Å². The first-order valence-electron chi connectivity index (χ1n) is 7.83. The van der Waals surface area contributed by atoms with E-state index in [2.05, 4.69) is 10.1 Å². The second kappa shape index (κ2) is 8.24. The van der Waals surface area contributed by atoms with E-state index >= 15 is 0 Å². The van der Waals surface area contributed by atoms with Gasteiger partial charge in [-0.25, -0.2) is 4.98 Å². The molecule has 0 aliphatic heterocycles. The third kappa shape index (κ3) is 4.41. The number of carbonyl (C=O) groups excluding carboxylic acids is 2. The molecule has 2 aromatic rings. The number of hydrogen-bond donors (Lipinski definition) is 0. The summed E-state index contributed by atoms with van der Waals surface area (Å²) in [7, 11) is 3.33. The van der Waals surface area contributed by atoms with Crippen LogP contribution in [0.4, 0.5) is 5.69 Å². The molecule has 2 amide bonds. The zero-order chi connectivity index (χ0) is 17.5. The third-order valence-electron chi connectivity index (χ3n) is 3.72. The predicted molar refractivity (Wildman–Crippen MR) is 89.8 cm³/mol. The Morgan fingerprint density at radius 2 is 2.12 bits per heavy atom. The van der Waals surface area contributed by atoms with Crippen molar-refractivity contribution in [3.63, 3.8) is 0 Å². The summed E-state index contributed by atoms with van der Waals surface area (Å²) < 4.78 is 5.16. The van der Waals surface area contributed by atoms with Gasteiger partial charge in [-0.15, -0.1) is 0 Å². The normalized spacial score (nSPS) is 10.5. The number of aromatic nitrogens is 2. The fourth-order valence-electron chi connectivity index (χ4n) is 2.37.